The second kappa shape index (κ2) is 4.87. The molecule has 0 saturated heterocycles. The Morgan fingerprint density at radius 2 is 1.94 bits per heavy atom. The summed E-state index contributed by atoms with van der Waals surface area (Å²) in [7, 11) is 0. The second-order valence-electron chi connectivity index (χ2n) is 3.00. The Bertz CT molecular complexity index is 437. The van der Waals surface area contributed by atoms with Crippen molar-refractivity contribution in [2.75, 3.05) is 5.32 Å². The Labute approximate surface area is 97.4 Å². The van der Waals surface area contributed by atoms with E-state index in [2.05, 4.69) is 0 Å². The van der Waals surface area contributed by atoms with Crippen molar-refractivity contribution in [2.45, 2.75) is 12.3 Å². The normalized spacial score (nSPS) is 11.7. The number of rotatable bonds is 3. The summed E-state index contributed by atoms with van der Waals surface area (Å²) in [6, 6.07) is 2.74. The average molecular weight is 274 g/mol. The van der Waals surface area contributed by atoms with Crippen molar-refractivity contribution in [1.29, 1.82) is 0 Å². The highest BCUT2D eigenvalue weighted by atomic mass is 35.5. The Kier molecular flexibility index (Phi) is 3.92. The third kappa shape index (κ3) is 3.06. The molecule has 0 aromatic heterocycles. The number of anilines is 1. The molecular weight excluding hydrogens is 269 g/mol. The van der Waals surface area contributed by atoms with Gasteiger partial charge in [0.05, 0.1) is 5.69 Å². The molecule has 0 bridgehead atoms. The third-order valence-electron chi connectivity index (χ3n) is 1.75. The average Bonchev–Trinajstić information content (AvgIpc) is 2.23. The lowest BCUT2D eigenvalue weighted by Crippen LogP contribution is -2.41. The summed E-state index contributed by atoms with van der Waals surface area (Å²) in [4.78, 5) is 10.8. The fourth-order valence-corrected chi connectivity index (χ4v) is 1.07. The molecule has 0 radical (unpaired) electrons. The van der Waals surface area contributed by atoms with Crippen LogP contribution < -0.4 is 5.32 Å². The highest BCUT2D eigenvalue weighted by Gasteiger charge is 2.49. The number of halogens is 6. The first-order chi connectivity index (χ1) is 7.75. The van der Waals surface area contributed by atoms with Gasteiger partial charge in [-0.25, -0.2) is 13.2 Å². The van der Waals surface area contributed by atoms with E-state index in [0.29, 0.717) is 0 Å². The van der Waals surface area contributed by atoms with Gasteiger partial charge in [-0.3, -0.25) is 4.79 Å². The Hall–Kier alpha value is -1.37. The van der Waals surface area contributed by atoms with Gasteiger partial charge in [0.15, 0.2) is 0 Å². The first-order valence-corrected chi connectivity index (χ1v) is 4.55. The van der Waals surface area contributed by atoms with Gasteiger partial charge in [0, 0.05) is 5.02 Å². The van der Waals surface area contributed by atoms with E-state index in [1.807, 2.05) is 0 Å². The zero-order valence-corrected chi connectivity index (χ0v) is 8.74. The van der Waals surface area contributed by atoms with Gasteiger partial charge in [-0.1, -0.05) is 11.6 Å². The molecule has 0 unspecified atom stereocenters. The van der Waals surface area contributed by atoms with Crippen LogP contribution in [0.5, 0.6) is 0 Å². The minimum absolute atomic E-state index is 0.0398. The molecule has 0 aliphatic heterocycles. The fraction of sp³-hybridized carbons (Fsp3) is 0.222. The van der Waals surface area contributed by atoms with E-state index < -0.39 is 29.8 Å². The maximum Gasteiger partial charge on any atom is 0.383 e. The molecule has 1 rings (SSSR count). The van der Waals surface area contributed by atoms with Gasteiger partial charge < -0.3 is 5.32 Å². The zero-order valence-electron chi connectivity index (χ0n) is 7.99. The SMILES string of the molecule is O=C(Nc1cc(Cl)ccc1F)C(F)(F)C(F)F. The molecular formula is C9H5ClF5NO. The summed E-state index contributed by atoms with van der Waals surface area (Å²) < 4.78 is 61.7. The molecule has 17 heavy (non-hydrogen) atoms. The summed E-state index contributed by atoms with van der Waals surface area (Å²) in [5, 5.41) is 1.30. The van der Waals surface area contributed by atoms with E-state index in [9.17, 15) is 26.7 Å². The van der Waals surface area contributed by atoms with Gasteiger partial charge in [0.1, 0.15) is 5.82 Å². The Morgan fingerprint density at radius 1 is 1.35 bits per heavy atom. The van der Waals surface area contributed by atoms with Crippen LogP contribution in [-0.4, -0.2) is 18.3 Å². The first kappa shape index (κ1) is 13.7. The van der Waals surface area contributed by atoms with Crippen LogP contribution in [0.3, 0.4) is 0 Å². The lowest BCUT2D eigenvalue weighted by atomic mass is 10.2. The summed E-state index contributed by atoms with van der Waals surface area (Å²) in [5.41, 5.74) is -0.692. The van der Waals surface area contributed by atoms with Crippen molar-refractivity contribution in [3.63, 3.8) is 0 Å². The number of alkyl halides is 4. The molecule has 0 heterocycles. The molecule has 0 spiro atoms. The number of amides is 1. The fourth-order valence-electron chi connectivity index (χ4n) is 0.898. The largest absolute Gasteiger partial charge is 0.383 e. The quantitative estimate of drug-likeness (QED) is 0.841. The van der Waals surface area contributed by atoms with E-state index in [0.717, 1.165) is 18.2 Å². The number of hydrogen-bond acceptors (Lipinski definition) is 1. The molecule has 0 saturated carbocycles. The van der Waals surface area contributed by atoms with Crippen molar-refractivity contribution in [3.8, 4) is 0 Å². The van der Waals surface area contributed by atoms with Gasteiger partial charge >= 0.3 is 18.3 Å². The monoisotopic (exact) mass is 273 g/mol. The molecule has 0 fully saturated rings. The van der Waals surface area contributed by atoms with Crippen LogP contribution in [0.1, 0.15) is 0 Å². The highest BCUT2D eigenvalue weighted by Crippen LogP contribution is 2.26. The van der Waals surface area contributed by atoms with Crippen LogP contribution >= 0.6 is 11.6 Å². The Balaban J connectivity index is 2.92. The zero-order chi connectivity index (χ0) is 13.2. The van der Waals surface area contributed by atoms with Crippen LogP contribution in [0.25, 0.3) is 0 Å². The maximum absolute atomic E-state index is 13.0. The van der Waals surface area contributed by atoms with Crippen LogP contribution in [0.15, 0.2) is 18.2 Å². The summed E-state index contributed by atoms with van der Waals surface area (Å²) >= 11 is 5.42. The third-order valence-corrected chi connectivity index (χ3v) is 1.99. The van der Waals surface area contributed by atoms with Gasteiger partial charge in [0.25, 0.3) is 0 Å². The van der Waals surface area contributed by atoms with Gasteiger partial charge in [-0.2, -0.15) is 8.78 Å². The van der Waals surface area contributed by atoms with Crippen molar-refractivity contribution in [3.05, 3.63) is 29.0 Å². The summed E-state index contributed by atoms with van der Waals surface area (Å²) in [5.74, 6) is -8.25. The molecule has 1 aromatic carbocycles. The summed E-state index contributed by atoms with van der Waals surface area (Å²) in [6.07, 6.45) is -4.18. The van der Waals surface area contributed by atoms with Gasteiger partial charge in [-0.15, -0.1) is 0 Å². The number of nitrogens with one attached hydrogen (secondary N) is 1. The summed E-state index contributed by atoms with van der Waals surface area (Å²) in [6.45, 7) is 0. The lowest BCUT2D eigenvalue weighted by Gasteiger charge is -2.15. The van der Waals surface area contributed by atoms with E-state index >= 15 is 0 Å². The maximum atomic E-state index is 13.0. The van der Waals surface area contributed by atoms with Crippen molar-refractivity contribution >= 4 is 23.2 Å². The minimum atomic E-state index is -4.89. The first-order valence-electron chi connectivity index (χ1n) is 4.17. The molecule has 94 valence electrons. The molecule has 1 N–H and O–H groups in total. The number of carbonyl (C=O) groups excluding carboxylic acids is 1. The molecule has 2 nitrogen and oxygen atoms in total. The molecule has 0 atom stereocenters. The predicted molar refractivity (Wildman–Crippen MR) is 51.0 cm³/mol. The molecule has 0 aliphatic carbocycles. The number of benzene rings is 1. The second-order valence-corrected chi connectivity index (χ2v) is 3.44. The number of carbonyl (C=O) groups is 1. The smallest absolute Gasteiger partial charge is 0.318 e. The Morgan fingerprint density at radius 3 is 2.47 bits per heavy atom. The van der Waals surface area contributed by atoms with Crippen LogP contribution in [0.2, 0.25) is 5.02 Å². The number of hydrogen-bond donors (Lipinski definition) is 1. The lowest BCUT2D eigenvalue weighted by molar-refractivity contribution is -0.163. The van der Waals surface area contributed by atoms with Crippen molar-refractivity contribution in [1.82, 2.24) is 0 Å². The molecule has 1 aromatic rings. The molecule has 1 amide bonds. The van der Waals surface area contributed by atoms with Gasteiger partial charge in [0.2, 0.25) is 0 Å². The van der Waals surface area contributed by atoms with Crippen LogP contribution in [0, 0.1) is 5.82 Å². The molecule has 8 heteroatoms. The van der Waals surface area contributed by atoms with Crippen LogP contribution in [-0.2, 0) is 4.79 Å². The highest BCUT2D eigenvalue weighted by molar-refractivity contribution is 6.30. The van der Waals surface area contributed by atoms with Gasteiger partial charge in [-0.05, 0) is 18.2 Å². The topological polar surface area (TPSA) is 29.1 Å². The standard InChI is InChI=1S/C9H5ClF5NO/c10-4-1-2-5(11)6(3-4)16-8(17)9(14,15)7(12)13/h1-3,7H,(H,16,17). The van der Waals surface area contributed by atoms with Crippen LogP contribution in [0.4, 0.5) is 27.6 Å². The van der Waals surface area contributed by atoms with Crippen molar-refractivity contribution < 1.29 is 26.7 Å². The van der Waals surface area contributed by atoms with E-state index in [1.165, 1.54) is 5.32 Å². The predicted octanol–water partition coefficient (Wildman–Crippen LogP) is 3.32. The molecule has 0 aliphatic rings. The van der Waals surface area contributed by atoms with E-state index in [-0.39, 0.29) is 5.02 Å². The van der Waals surface area contributed by atoms with E-state index in [4.69, 9.17) is 11.6 Å². The van der Waals surface area contributed by atoms with Crippen molar-refractivity contribution in [2.24, 2.45) is 0 Å². The minimum Gasteiger partial charge on any atom is -0.318 e. The van der Waals surface area contributed by atoms with E-state index in [1.54, 1.807) is 0 Å².